The Morgan fingerprint density at radius 1 is 1.50 bits per heavy atom. The fourth-order valence-electron chi connectivity index (χ4n) is 2.74. The summed E-state index contributed by atoms with van der Waals surface area (Å²) in [6.07, 6.45) is 3.15. The maximum atomic E-state index is 11.7. The highest BCUT2D eigenvalue weighted by molar-refractivity contribution is 5.99. The van der Waals surface area contributed by atoms with Crippen molar-refractivity contribution >= 4 is 11.9 Å². The summed E-state index contributed by atoms with van der Waals surface area (Å²) >= 11 is 0. The Kier molecular flexibility index (Phi) is 2.66. The van der Waals surface area contributed by atoms with E-state index >= 15 is 0 Å². The second-order valence-corrected chi connectivity index (χ2v) is 4.95. The summed E-state index contributed by atoms with van der Waals surface area (Å²) in [5.74, 6) is -1.93. The van der Waals surface area contributed by atoms with Gasteiger partial charge < -0.3 is 5.11 Å². The number of hydrogen-bond donors (Lipinski definition) is 1. The van der Waals surface area contributed by atoms with Gasteiger partial charge in [-0.2, -0.15) is 0 Å². The van der Waals surface area contributed by atoms with Gasteiger partial charge >= 0.3 is 5.97 Å². The Morgan fingerprint density at radius 3 is 2.56 bits per heavy atom. The first kappa shape index (κ1) is 11.4. The first-order valence-electron chi connectivity index (χ1n) is 5.66. The summed E-state index contributed by atoms with van der Waals surface area (Å²) < 4.78 is 0. The van der Waals surface area contributed by atoms with E-state index in [0.29, 0.717) is 18.8 Å². The number of aliphatic carboxylic acids is 1. The molecule has 5 heteroatoms. The summed E-state index contributed by atoms with van der Waals surface area (Å²) in [5.41, 5.74) is -0.788. The largest absolute Gasteiger partial charge is 0.481 e. The molecule has 1 aliphatic carbocycles. The van der Waals surface area contributed by atoms with Crippen LogP contribution in [-0.4, -0.2) is 34.7 Å². The van der Waals surface area contributed by atoms with Gasteiger partial charge in [-0.05, 0) is 31.6 Å². The predicted octanol–water partition coefficient (Wildman–Crippen LogP) is 1.04. The quantitative estimate of drug-likeness (QED) is 0.680. The third kappa shape index (κ3) is 1.59. The van der Waals surface area contributed by atoms with Crippen LogP contribution in [0.25, 0.3) is 0 Å². The zero-order chi connectivity index (χ0) is 11.9. The van der Waals surface area contributed by atoms with Crippen LogP contribution in [0.5, 0.6) is 0 Å². The number of hydrogen-bond acceptors (Lipinski definition) is 3. The molecule has 1 saturated heterocycles. The molecule has 1 saturated carbocycles. The lowest BCUT2D eigenvalue weighted by Crippen LogP contribution is -2.44. The van der Waals surface area contributed by atoms with E-state index in [1.165, 1.54) is 7.05 Å². The highest BCUT2D eigenvalue weighted by Crippen LogP contribution is 2.44. The molecule has 16 heavy (non-hydrogen) atoms. The topological polar surface area (TPSA) is 66.8 Å². The van der Waals surface area contributed by atoms with Gasteiger partial charge in [0.05, 0.1) is 0 Å². The first-order chi connectivity index (χ1) is 7.46. The molecule has 0 aromatic heterocycles. The molecule has 1 spiro atoms. The normalized spacial score (nSPS) is 39.4. The number of rotatable bonds is 1. The lowest BCUT2D eigenvalue weighted by molar-refractivity contribution is -0.203. The van der Waals surface area contributed by atoms with Gasteiger partial charge in [-0.15, -0.1) is 0 Å². The zero-order valence-corrected chi connectivity index (χ0v) is 9.60. The van der Waals surface area contributed by atoms with Gasteiger partial charge in [0, 0.05) is 7.05 Å². The molecule has 5 nitrogen and oxygen atoms in total. The van der Waals surface area contributed by atoms with E-state index in [1.807, 2.05) is 0 Å². The van der Waals surface area contributed by atoms with Crippen molar-refractivity contribution in [3.63, 3.8) is 0 Å². The molecule has 0 aromatic rings. The Morgan fingerprint density at radius 2 is 2.06 bits per heavy atom. The molecule has 0 radical (unpaired) electrons. The molecule has 2 fully saturated rings. The molecule has 0 bridgehead atoms. The van der Waals surface area contributed by atoms with Gasteiger partial charge in [0.2, 0.25) is 0 Å². The molecule has 1 aliphatic heterocycles. The molecule has 2 rings (SSSR count). The molecule has 0 unspecified atom stereocenters. The Labute approximate surface area is 94.3 Å². The van der Waals surface area contributed by atoms with Gasteiger partial charge in [0.15, 0.2) is 5.92 Å². The third-order valence-electron chi connectivity index (χ3n) is 3.77. The van der Waals surface area contributed by atoms with Crippen LogP contribution in [-0.2, 0) is 14.4 Å². The zero-order valence-electron chi connectivity index (χ0n) is 9.60. The molecule has 1 heterocycles. The van der Waals surface area contributed by atoms with E-state index in [2.05, 4.69) is 6.92 Å². The number of carboxylic acids is 1. The van der Waals surface area contributed by atoms with E-state index < -0.39 is 23.4 Å². The molecular formula is C11H17NO4. The van der Waals surface area contributed by atoms with Crippen molar-refractivity contribution in [3.8, 4) is 0 Å². The Hall–Kier alpha value is -1.10. The van der Waals surface area contributed by atoms with Crippen LogP contribution in [0.4, 0.5) is 0 Å². The average Bonchev–Trinajstić information content (AvgIpc) is 2.45. The number of nitrogens with zero attached hydrogens (tertiary/aromatic N) is 1. The minimum Gasteiger partial charge on any atom is -0.481 e. The maximum absolute atomic E-state index is 11.7. The van der Waals surface area contributed by atoms with Crippen LogP contribution in [0.3, 0.4) is 0 Å². The summed E-state index contributed by atoms with van der Waals surface area (Å²) in [4.78, 5) is 28.4. The minimum absolute atomic E-state index is 0.429. The third-order valence-corrected chi connectivity index (χ3v) is 3.77. The molecule has 2 aliphatic rings. The summed E-state index contributed by atoms with van der Waals surface area (Å²) in [7, 11) is 1.49. The Balaban J connectivity index is 2.25. The number of carbonyl (C=O) groups is 2. The highest BCUT2D eigenvalue weighted by Gasteiger charge is 2.57. The summed E-state index contributed by atoms with van der Waals surface area (Å²) in [5, 5.41) is 10.2. The standard InChI is InChI=1S/C11H17NO4/c1-7-3-5-11(6-4-7)8(10(14)15)9(13)12(2)16-11/h7-8H,3-6H2,1-2H3,(H,14,15)/t7?,8-,11?/m0/s1. The fourth-order valence-corrected chi connectivity index (χ4v) is 2.74. The van der Waals surface area contributed by atoms with Crippen LogP contribution in [0, 0.1) is 11.8 Å². The Bertz CT molecular complexity index is 320. The van der Waals surface area contributed by atoms with E-state index in [1.54, 1.807) is 0 Å². The van der Waals surface area contributed by atoms with Crippen molar-refractivity contribution in [2.45, 2.75) is 38.2 Å². The van der Waals surface area contributed by atoms with Crippen LogP contribution < -0.4 is 0 Å². The van der Waals surface area contributed by atoms with E-state index in [-0.39, 0.29) is 0 Å². The van der Waals surface area contributed by atoms with Crippen LogP contribution in [0.15, 0.2) is 0 Å². The number of hydroxylamine groups is 2. The van der Waals surface area contributed by atoms with Gasteiger partial charge in [0.1, 0.15) is 5.60 Å². The maximum Gasteiger partial charge on any atom is 0.319 e. The van der Waals surface area contributed by atoms with Crippen LogP contribution >= 0.6 is 0 Å². The molecule has 1 atom stereocenters. The molecule has 1 amide bonds. The average molecular weight is 227 g/mol. The monoisotopic (exact) mass is 227 g/mol. The van der Waals surface area contributed by atoms with Crippen molar-refractivity contribution < 1.29 is 19.5 Å². The SMILES string of the molecule is CC1CCC2(CC1)ON(C)C(=O)[C@H]2C(=O)O. The molecule has 90 valence electrons. The lowest BCUT2D eigenvalue weighted by Gasteiger charge is -2.36. The molecule has 1 N–H and O–H groups in total. The van der Waals surface area contributed by atoms with Crippen molar-refractivity contribution in [1.82, 2.24) is 5.06 Å². The van der Waals surface area contributed by atoms with E-state index in [4.69, 9.17) is 9.94 Å². The smallest absolute Gasteiger partial charge is 0.319 e. The summed E-state index contributed by atoms with van der Waals surface area (Å²) in [6.45, 7) is 2.14. The fraction of sp³-hybridized carbons (Fsp3) is 0.818. The van der Waals surface area contributed by atoms with E-state index in [0.717, 1.165) is 17.9 Å². The van der Waals surface area contributed by atoms with Gasteiger partial charge in [-0.1, -0.05) is 6.92 Å². The second-order valence-electron chi connectivity index (χ2n) is 4.95. The number of carboxylic acid groups (broad SMARTS) is 1. The summed E-state index contributed by atoms with van der Waals surface area (Å²) in [6, 6.07) is 0. The second kappa shape index (κ2) is 3.73. The molecular weight excluding hydrogens is 210 g/mol. The first-order valence-corrected chi connectivity index (χ1v) is 5.66. The van der Waals surface area contributed by atoms with Crippen molar-refractivity contribution in [1.29, 1.82) is 0 Å². The van der Waals surface area contributed by atoms with Gasteiger partial charge in [-0.25, -0.2) is 5.06 Å². The van der Waals surface area contributed by atoms with Crippen molar-refractivity contribution in [2.24, 2.45) is 11.8 Å². The van der Waals surface area contributed by atoms with Crippen molar-refractivity contribution in [2.75, 3.05) is 7.05 Å². The number of carbonyl (C=O) groups excluding carboxylic acids is 1. The minimum atomic E-state index is -1.07. The van der Waals surface area contributed by atoms with Crippen molar-refractivity contribution in [3.05, 3.63) is 0 Å². The predicted molar refractivity (Wildman–Crippen MR) is 55.3 cm³/mol. The van der Waals surface area contributed by atoms with E-state index in [9.17, 15) is 9.59 Å². The number of amides is 1. The highest BCUT2D eigenvalue weighted by atomic mass is 16.7. The molecule has 0 aromatic carbocycles. The van der Waals surface area contributed by atoms with Gasteiger partial charge in [0.25, 0.3) is 5.91 Å². The lowest BCUT2D eigenvalue weighted by atomic mass is 9.73. The van der Waals surface area contributed by atoms with Crippen LogP contribution in [0.2, 0.25) is 0 Å². The van der Waals surface area contributed by atoms with Gasteiger partial charge in [-0.3, -0.25) is 14.4 Å². The van der Waals surface area contributed by atoms with Crippen LogP contribution in [0.1, 0.15) is 32.6 Å².